The van der Waals surface area contributed by atoms with Crippen LogP contribution in [0.3, 0.4) is 0 Å². The zero-order valence-electron chi connectivity index (χ0n) is 38.5. The van der Waals surface area contributed by atoms with Gasteiger partial charge in [0.15, 0.2) is 0 Å². The summed E-state index contributed by atoms with van der Waals surface area (Å²) in [6.07, 6.45) is 0. The second-order valence-corrected chi connectivity index (χ2v) is 17.8. The molecule has 4 N–H and O–H groups in total. The van der Waals surface area contributed by atoms with Gasteiger partial charge in [0.2, 0.25) is 0 Å². The Morgan fingerprint density at radius 2 is 0.426 bits per heavy atom. The van der Waals surface area contributed by atoms with Crippen LogP contribution in [0.25, 0.3) is 44.5 Å². The lowest BCUT2D eigenvalue weighted by atomic mass is 10.0. The normalized spacial score (nSPS) is 14.8. The molecule has 9 rings (SSSR count). The molecule has 0 unspecified atom stereocenters. The minimum Gasteiger partial charge on any atom is -0.507 e. The van der Waals surface area contributed by atoms with Gasteiger partial charge in [0.05, 0.1) is 0 Å². The molecule has 0 bridgehead atoms. The first-order valence-electron chi connectivity index (χ1n) is 23.7. The van der Waals surface area contributed by atoms with Gasteiger partial charge < -0.3 is 20.4 Å². The molecule has 1 saturated heterocycles. The monoisotopic (exact) mass is 900 g/mol. The summed E-state index contributed by atoms with van der Waals surface area (Å²) in [6.45, 7) is 7.81. The standard InChI is InChI=1S/C60H60N4O4/c65-57-49(25-13-29-53(57)45-17-5-1-6-18-45)41-61-33-35-62(42-50-26-14-30-54(58(50)66)46-19-7-2-8-20-46)37-39-64(44-52-28-16-32-56(60(52)68)48-23-11-4-12-24-48)40-38-63(36-34-61)43-51-27-15-31-55(59(51)67)47-21-9-3-10-22-47/h1-32,65-68H,33-44H2. The minimum atomic E-state index is 0.291. The molecule has 0 amide bonds. The summed E-state index contributed by atoms with van der Waals surface area (Å²) in [6, 6.07) is 64.2. The number of hydrogen-bond acceptors (Lipinski definition) is 8. The summed E-state index contributed by atoms with van der Waals surface area (Å²) in [4.78, 5) is 9.71. The summed E-state index contributed by atoms with van der Waals surface area (Å²) >= 11 is 0. The van der Waals surface area contributed by atoms with Crippen LogP contribution in [0.15, 0.2) is 194 Å². The van der Waals surface area contributed by atoms with E-state index < -0.39 is 0 Å². The fourth-order valence-electron chi connectivity index (χ4n) is 9.45. The van der Waals surface area contributed by atoms with Crippen LogP contribution in [-0.2, 0) is 26.2 Å². The zero-order valence-corrected chi connectivity index (χ0v) is 38.5. The molecule has 0 atom stereocenters. The van der Waals surface area contributed by atoms with Gasteiger partial charge in [-0.3, -0.25) is 19.6 Å². The van der Waals surface area contributed by atoms with Gasteiger partial charge in [0.25, 0.3) is 0 Å². The van der Waals surface area contributed by atoms with Gasteiger partial charge in [-0.2, -0.15) is 0 Å². The first-order valence-corrected chi connectivity index (χ1v) is 23.7. The highest BCUT2D eigenvalue weighted by atomic mass is 16.3. The predicted octanol–water partition coefficient (Wildman–Crippen LogP) is 11.5. The Labute approximate surface area is 400 Å². The molecule has 1 fully saturated rings. The number of nitrogens with zero attached hydrogens (tertiary/aromatic N) is 4. The van der Waals surface area contributed by atoms with Crippen LogP contribution in [0.2, 0.25) is 0 Å². The molecule has 1 aliphatic rings. The smallest absolute Gasteiger partial charge is 0.127 e. The zero-order chi connectivity index (χ0) is 46.7. The minimum absolute atomic E-state index is 0.291. The van der Waals surface area contributed by atoms with Crippen LogP contribution < -0.4 is 0 Å². The summed E-state index contributed by atoms with van der Waals surface area (Å²) in [5.74, 6) is 1.16. The van der Waals surface area contributed by atoms with Crippen molar-refractivity contribution in [3.63, 3.8) is 0 Å². The topological polar surface area (TPSA) is 93.9 Å². The van der Waals surface area contributed by atoms with E-state index in [1.807, 2.05) is 194 Å². The predicted molar refractivity (Wildman–Crippen MR) is 275 cm³/mol. The van der Waals surface area contributed by atoms with Crippen LogP contribution >= 0.6 is 0 Å². The van der Waals surface area contributed by atoms with Crippen molar-refractivity contribution in [1.82, 2.24) is 19.6 Å². The van der Waals surface area contributed by atoms with E-state index >= 15 is 0 Å². The molecule has 1 heterocycles. The largest absolute Gasteiger partial charge is 0.507 e. The van der Waals surface area contributed by atoms with E-state index in [1.54, 1.807) is 0 Å². The van der Waals surface area contributed by atoms with Crippen LogP contribution in [0, 0.1) is 0 Å². The van der Waals surface area contributed by atoms with Gasteiger partial charge in [-0.1, -0.05) is 194 Å². The van der Waals surface area contributed by atoms with Gasteiger partial charge in [-0.25, -0.2) is 0 Å². The van der Waals surface area contributed by atoms with Crippen molar-refractivity contribution in [3.05, 3.63) is 216 Å². The summed E-state index contributed by atoms with van der Waals surface area (Å²) in [7, 11) is 0. The van der Waals surface area contributed by atoms with Crippen LogP contribution in [0.5, 0.6) is 23.0 Å². The Bertz CT molecular complexity index is 2470. The Balaban J connectivity index is 1.05. The number of rotatable bonds is 12. The average Bonchev–Trinajstić information content (AvgIpc) is 3.38. The molecule has 0 aromatic heterocycles. The number of hydrogen-bond donors (Lipinski definition) is 4. The average molecular weight is 901 g/mol. The Morgan fingerprint density at radius 3 is 0.618 bits per heavy atom. The van der Waals surface area contributed by atoms with Crippen molar-refractivity contribution in [2.45, 2.75) is 26.2 Å². The number of benzene rings is 8. The molecule has 0 aliphatic carbocycles. The molecule has 8 heteroatoms. The van der Waals surface area contributed by atoms with E-state index in [-0.39, 0.29) is 0 Å². The lowest BCUT2D eigenvalue weighted by Crippen LogP contribution is -2.45. The third-order valence-corrected chi connectivity index (χ3v) is 13.3. The maximum absolute atomic E-state index is 11.8. The van der Waals surface area contributed by atoms with E-state index in [0.29, 0.717) is 102 Å². The Hall–Kier alpha value is -7.20. The molecule has 0 radical (unpaired) electrons. The fourth-order valence-corrected chi connectivity index (χ4v) is 9.45. The van der Waals surface area contributed by atoms with E-state index in [1.165, 1.54) is 0 Å². The molecule has 68 heavy (non-hydrogen) atoms. The van der Waals surface area contributed by atoms with Crippen molar-refractivity contribution in [1.29, 1.82) is 0 Å². The molecular weight excluding hydrogens is 841 g/mol. The highest BCUT2D eigenvalue weighted by Gasteiger charge is 2.23. The molecule has 0 saturated carbocycles. The van der Waals surface area contributed by atoms with Crippen molar-refractivity contribution in [2.24, 2.45) is 0 Å². The quantitative estimate of drug-likeness (QED) is 0.0963. The van der Waals surface area contributed by atoms with E-state index in [2.05, 4.69) is 19.6 Å². The third-order valence-electron chi connectivity index (χ3n) is 13.3. The lowest BCUT2D eigenvalue weighted by Gasteiger charge is -2.35. The molecule has 0 spiro atoms. The van der Waals surface area contributed by atoms with E-state index in [4.69, 9.17) is 0 Å². The highest BCUT2D eigenvalue weighted by Crippen LogP contribution is 2.37. The lowest BCUT2D eigenvalue weighted by molar-refractivity contribution is 0.120. The Morgan fingerprint density at radius 1 is 0.235 bits per heavy atom. The van der Waals surface area contributed by atoms with Crippen molar-refractivity contribution in [2.75, 3.05) is 52.4 Å². The maximum atomic E-state index is 11.8. The Kier molecular flexibility index (Phi) is 14.9. The maximum Gasteiger partial charge on any atom is 0.127 e. The van der Waals surface area contributed by atoms with Gasteiger partial charge in [0, 0.05) is 123 Å². The number of aromatic hydroxyl groups is 4. The number of phenolic OH excluding ortho intramolecular Hbond substituents is 4. The first-order chi connectivity index (χ1) is 33.4. The van der Waals surface area contributed by atoms with Gasteiger partial charge in [-0.05, 0) is 22.3 Å². The molecule has 1 aliphatic heterocycles. The van der Waals surface area contributed by atoms with Crippen molar-refractivity contribution in [3.8, 4) is 67.5 Å². The second-order valence-electron chi connectivity index (χ2n) is 17.8. The number of phenols is 4. The molecule has 8 nitrogen and oxygen atoms in total. The fraction of sp³-hybridized carbons (Fsp3) is 0.200. The van der Waals surface area contributed by atoms with Crippen LogP contribution in [0.1, 0.15) is 22.3 Å². The van der Waals surface area contributed by atoms with Gasteiger partial charge in [-0.15, -0.1) is 0 Å². The second kappa shape index (κ2) is 22.1. The SMILES string of the molecule is Oc1c(CN2CCN(Cc3cccc(-c4ccccc4)c3O)CCN(Cc3cccc(-c4ccccc4)c3O)CCN(Cc3cccc(-c4ccccc4)c3O)CC2)cccc1-c1ccccc1. The number of para-hydroxylation sites is 4. The molecule has 344 valence electrons. The van der Waals surface area contributed by atoms with Crippen LogP contribution in [-0.4, -0.2) is 92.4 Å². The van der Waals surface area contributed by atoms with Crippen molar-refractivity contribution >= 4 is 0 Å². The van der Waals surface area contributed by atoms with E-state index in [9.17, 15) is 20.4 Å². The molecule has 8 aromatic carbocycles. The summed E-state index contributed by atoms with van der Waals surface area (Å²) < 4.78 is 0. The first kappa shape index (κ1) is 45.9. The van der Waals surface area contributed by atoms with Crippen molar-refractivity contribution < 1.29 is 20.4 Å². The van der Waals surface area contributed by atoms with E-state index in [0.717, 1.165) is 66.8 Å². The van der Waals surface area contributed by atoms with Gasteiger partial charge >= 0.3 is 0 Å². The molecule has 8 aromatic rings. The summed E-state index contributed by atoms with van der Waals surface area (Å²) in [5.41, 5.74) is 10.6. The third kappa shape index (κ3) is 11.1. The highest BCUT2D eigenvalue weighted by molar-refractivity contribution is 5.74. The molecular formula is C60H60N4O4. The van der Waals surface area contributed by atoms with Gasteiger partial charge in [0.1, 0.15) is 23.0 Å². The van der Waals surface area contributed by atoms with Crippen LogP contribution in [0.4, 0.5) is 0 Å². The summed E-state index contributed by atoms with van der Waals surface area (Å²) in [5, 5.41) is 47.2.